The maximum Gasteiger partial charge on any atom is 0.112 e. The van der Waals surface area contributed by atoms with Crippen LogP contribution < -0.4 is 0 Å². The van der Waals surface area contributed by atoms with Gasteiger partial charge in [-0.25, -0.2) is 9.97 Å². The molecule has 0 saturated heterocycles. The monoisotopic (exact) mass is 332 g/mol. The molecule has 4 aromatic rings. The van der Waals surface area contributed by atoms with E-state index in [9.17, 15) is 0 Å². The van der Waals surface area contributed by atoms with Gasteiger partial charge in [-0.05, 0) is 49.6 Å². The van der Waals surface area contributed by atoms with Crippen LogP contribution in [-0.2, 0) is 11.8 Å². The van der Waals surface area contributed by atoms with Gasteiger partial charge in [-0.15, -0.1) is 0 Å². The van der Waals surface area contributed by atoms with Crippen molar-refractivity contribution in [2.75, 3.05) is 0 Å². The van der Waals surface area contributed by atoms with E-state index in [1.165, 1.54) is 11.1 Å². The minimum absolute atomic E-state index is 0.0387. The maximum atomic E-state index is 4.83. The van der Waals surface area contributed by atoms with Crippen molar-refractivity contribution in [2.45, 2.75) is 46.0 Å². The Labute approximate surface area is 147 Å². The second kappa shape index (κ2) is 5.73. The lowest BCUT2D eigenvalue weighted by molar-refractivity contribution is 0.451. The molecule has 0 spiro atoms. The van der Waals surface area contributed by atoms with Crippen molar-refractivity contribution in [1.29, 1.82) is 0 Å². The first kappa shape index (κ1) is 15.9. The number of aromatic amines is 2. The highest BCUT2D eigenvalue weighted by molar-refractivity contribution is 5.79. The van der Waals surface area contributed by atoms with Gasteiger partial charge in [0.2, 0.25) is 0 Å². The van der Waals surface area contributed by atoms with Gasteiger partial charge in [0, 0.05) is 11.8 Å². The minimum atomic E-state index is -0.0387. The number of aromatic nitrogens is 4. The predicted octanol–water partition coefficient (Wildman–Crippen LogP) is 4.97. The van der Waals surface area contributed by atoms with Crippen LogP contribution >= 0.6 is 0 Å². The highest BCUT2D eigenvalue weighted by Gasteiger charge is 2.25. The van der Waals surface area contributed by atoms with Crippen LogP contribution in [0, 0.1) is 13.8 Å². The van der Waals surface area contributed by atoms with Gasteiger partial charge in [0.1, 0.15) is 11.6 Å². The average molecular weight is 332 g/mol. The Morgan fingerprint density at radius 1 is 0.920 bits per heavy atom. The zero-order chi connectivity index (χ0) is 17.6. The zero-order valence-electron chi connectivity index (χ0n) is 15.3. The minimum Gasteiger partial charge on any atom is -0.342 e. The quantitative estimate of drug-likeness (QED) is 0.554. The zero-order valence-corrected chi connectivity index (χ0v) is 15.3. The predicted molar refractivity (Wildman–Crippen MR) is 103 cm³/mol. The van der Waals surface area contributed by atoms with Crippen LogP contribution in [0.25, 0.3) is 22.1 Å². The fourth-order valence-electron chi connectivity index (χ4n) is 3.31. The summed E-state index contributed by atoms with van der Waals surface area (Å²) >= 11 is 0. The number of nitrogens with zero attached hydrogens (tertiary/aromatic N) is 2. The third-order valence-corrected chi connectivity index (χ3v) is 5.24. The fourth-order valence-corrected chi connectivity index (χ4v) is 3.31. The summed E-state index contributed by atoms with van der Waals surface area (Å²) < 4.78 is 0. The van der Waals surface area contributed by atoms with Crippen LogP contribution in [0.3, 0.4) is 0 Å². The molecule has 0 aliphatic carbocycles. The van der Waals surface area contributed by atoms with Crippen LogP contribution in [0.4, 0.5) is 0 Å². The molecule has 2 heterocycles. The molecule has 0 unspecified atom stereocenters. The van der Waals surface area contributed by atoms with E-state index in [4.69, 9.17) is 9.97 Å². The molecule has 25 heavy (non-hydrogen) atoms. The van der Waals surface area contributed by atoms with E-state index in [0.29, 0.717) is 0 Å². The summed E-state index contributed by atoms with van der Waals surface area (Å²) in [4.78, 5) is 16.6. The highest BCUT2D eigenvalue weighted by Crippen LogP contribution is 2.28. The molecule has 0 saturated carbocycles. The highest BCUT2D eigenvalue weighted by atomic mass is 14.9. The van der Waals surface area contributed by atoms with Crippen molar-refractivity contribution in [3.8, 4) is 0 Å². The Balaban J connectivity index is 1.58. The van der Waals surface area contributed by atoms with E-state index >= 15 is 0 Å². The van der Waals surface area contributed by atoms with Gasteiger partial charge in [-0.1, -0.05) is 32.0 Å². The van der Waals surface area contributed by atoms with Crippen molar-refractivity contribution in [1.82, 2.24) is 19.9 Å². The van der Waals surface area contributed by atoms with E-state index in [-0.39, 0.29) is 5.41 Å². The molecule has 4 nitrogen and oxygen atoms in total. The number of fused-ring (bicyclic) bond motifs is 2. The van der Waals surface area contributed by atoms with Gasteiger partial charge in [-0.3, -0.25) is 0 Å². The third kappa shape index (κ3) is 2.82. The summed E-state index contributed by atoms with van der Waals surface area (Å²) in [7, 11) is 0. The van der Waals surface area contributed by atoms with Crippen LogP contribution in [0.1, 0.15) is 43.0 Å². The van der Waals surface area contributed by atoms with Gasteiger partial charge in [0.15, 0.2) is 0 Å². The van der Waals surface area contributed by atoms with Crippen LogP contribution in [0.15, 0.2) is 36.4 Å². The van der Waals surface area contributed by atoms with Crippen LogP contribution in [-0.4, -0.2) is 19.9 Å². The summed E-state index contributed by atoms with van der Waals surface area (Å²) in [6.45, 7) is 8.75. The van der Waals surface area contributed by atoms with Gasteiger partial charge in [0.05, 0.1) is 22.1 Å². The molecule has 0 amide bonds. The number of H-pyrrole nitrogens is 2. The van der Waals surface area contributed by atoms with Crippen molar-refractivity contribution < 1.29 is 0 Å². The first-order valence-electron chi connectivity index (χ1n) is 8.84. The fraction of sp³-hybridized carbons (Fsp3) is 0.333. The molecule has 0 aliphatic rings. The van der Waals surface area contributed by atoms with Crippen molar-refractivity contribution in [2.24, 2.45) is 0 Å². The number of nitrogens with one attached hydrogen (secondary N) is 2. The van der Waals surface area contributed by atoms with Crippen molar-refractivity contribution >= 4 is 22.1 Å². The van der Waals surface area contributed by atoms with Gasteiger partial charge in [0.25, 0.3) is 0 Å². The molecule has 0 radical (unpaired) electrons. The number of imidazole rings is 2. The molecule has 0 fully saturated rings. The molecule has 128 valence electrons. The Morgan fingerprint density at radius 2 is 1.72 bits per heavy atom. The second-order valence-corrected chi connectivity index (χ2v) is 7.57. The summed E-state index contributed by atoms with van der Waals surface area (Å²) in [6.07, 6.45) is 1.88. The second-order valence-electron chi connectivity index (χ2n) is 7.57. The smallest absolute Gasteiger partial charge is 0.112 e. The molecule has 4 heteroatoms. The van der Waals surface area contributed by atoms with Gasteiger partial charge >= 0.3 is 0 Å². The lowest BCUT2D eigenvalue weighted by Crippen LogP contribution is -2.20. The summed E-state index contributed by atoms with van der Waals surface area (Å²) in [5, 5.41) is 0. The van der Waals surface area contributed by atoms with Gasteiger partial charge < -0.3 is 9.97 Å². The van der Waals surface area contributed by atoms with Crippen molar-refractivity contribution in [3.05, 3.63) is 59.2 Å². The molecular formula is C21H24N4. The van der Waals surface area contributed by atoms with E-state index in [1.807, 2.05) is 12.1 Å². The average Bonchev–Trinajstić information content (AvgIpc) is 3.21. The molecule has 2 aromatic heterocycles. The standard InChI is InChI=1S/C21H24N4/c1-13-9-10-17-19(14(13)2)25-18(22-17)11-12-21(3,4)20-23-15-7-5-6-8-16(15)24-20/h5-10H,11-12H2,1-4H3,(H,22,25)(H,23,24). The molecule has 2 aromatic carbocycles. The molecular weight excluding hydrogens is 308 g/mol. The topological polar surface area (TPSA) is 57.4 Å². The van der Waals surface area contributed by atoms with Crippen LogP contribution in [0.5, 0.6) is 0 Å². The normalized spacial score (nSPS) is 12.3. The van der Waals surface area contributed by atoms with E-state index in [0.717, 1.165) is 46.6 Å². The molecule has 4 rings (SSSR count). The van der Waals surface area contributed by atoms with Crippen LogP contribution in [0.2, 0.25) is 0 Å². The number of aryl methyl sites for hydroxylation is 3. The molecule has 0 aliphatic heterocycles. The molecule has 2 N–H and O–H groups in total. The number of hydrogen-bond acceptors (Lipinski definition) is 2. The first-order chi connectivity index (χ1) is 11.9. The maximum absolute atomic E-state index is 4.83. The SMILES string of the molecule is Cc1ccc2[nH]c(CCC(C)(C)c3nc4ccccc4[nH]3)nc2c1C. The molecule has 0 atom stereocenters. The number of rotatable bonds is 4. The lowest BCUT2D eigenvalue weighted by Gasteiger charge is -2.21. The number of para-hydroxylation sites is 2. The summed E-state index contributed by atoms with van der Waals surface area (Å²) in [5.41, 5.74) is 6.85. The third-order valence-electron chi connectivity index (χ3n) is 5.24. The summed E-state index contributed by atoms with van der Waals surface area (Å²) in [6, 6.07) is 12.5. The van der Waals surface area contributed by atoms with E-state index in [1.54, 1.807) is 0 Å². The van der Waals surface area contributed by atoms with E-state index in [2.05, 4.69) is 61.9 Å². The Morgan fingerprint density at radius 3 is 2.52 bits per heavy atom. The van der Waals surface area contributed by atoms with E-state index < -0.39 is 0 Å². The Bertz CT molecular complexity index is 1020. The number of benzene rings is 2. The Kier molecular flexibility index (Phi) is 3.64. The lowest BCUT2D eigenvalue weighted by atomic mass is 9.87. The van der Waals surface area contributed by atoms with Gasteiger partial charge in [-0.2, -0.15) is 0 Å². The largest absolute Gasteiger partial charge is 0.342 e. The first-order valence-corrected chi connectivity index (χ1v) is 8.84. The molecule has 0 bridgehead atoms. The summed E-state index contributed by atoms with van der Waals surface area (Å²) in [5.74, 6) is 2.09. The van der Waals surface area contributed by atoms with Crippen molar-refractivity contribution in [3.63, 3.8) is 0 Å². The number of hydrogen-bond donors (Lipinski definition) is 2. The Hall–Kier alpha value is -2.62.